The summed E-state index contributed by atoms with van der Waals surface area (Å²) in [5.41, 5.74) is 8.33. The minimum atomic E-state index is 0.454. The number of H-pyrrole nitrogens is 1. The molecule has 0 amide bonds. The van der Waals surface area contributed by atoms with Crippen molar-refractivity contribution in [2.45, 2.75) is 0 Å². The van der Waals surface area contributed by atoms with Crippen LogP contribution in [0.2, 0.25) is 0 Å². The lowest BCUT2D eigenvalue weighted by Gasteiger charge is -2.04. The fraction of sp³-hybridized carbons (Fsp3) is 0. The average molecular weight is 214 g/mol. The number of oxime groups is 1. The van der Waals surface area contributed by atoms with Crippen molar-refractivity contribution in [3.05, 3.63) is 59.9 Å². The molecule has 80 valence electrons. The molecule has 0 atom stereocenters. The van der Waals surface area contributed by atoms with Crippen LogP contribution < -0.4 is 10.7 Å². The van der Waals surface area contributed by atoms with E-state index in [1.54, 1.807) is 18.5 Å². The second-order valence-electron chi connectivity index (χ2n) is 3.33. The molecule has 4 heteroatoms. The highest BCUT2D eigenvalue weighted by Crippen LogP contribution is 2.14. The zero-order valence-electron chi connectivity index (χ0n) is 8.59. The minimum absolute atomic E-state index is 0.454. The number of hydrogen-bond donors (Lipinski definition) is 2. The average Bonchev–Trinajstić information content (AvgIpc) is 2.34. The lowest BCUT2D eigenvalue weighted by molar-refractivity contribution is -0.377. The molecule has 0 spiro atoms. The third kappa shape index (κ3) is 1.86. The maximum atomic E-state index is 9.08. The summed E-state index contributed by atoms with van der Waals surface area (Å²) in [6.07, 6.45) is 3.43. The Morgan fingerprint density at radius 1 is 1.19 bits per heavy atom. The van der Waals surface area contributed by atoms with Crippen LogP contribution in [0.15, 0.2) is 53.9 Å². The quantitative estimate of drug-likeness (QED) is 0.449. The summed E-state index contributed by atoms with van der Waals surface area (Å²) in [4.78, 5) is 2.91. The molecule has 0 unspecified atom stereocenters. The smallest absolute Gasteiger partial charge is 0.178 e. The fourth-order valence-electron chi connectivity index (χ4n) is 1.51. The maximum Gasteiger partial charge on any atom is 0.178 e. The topological polar surface area (TPSA) is 72.8 Å². The molecule has 2 aromatic rings. The Bertz CT molecular complexity index is 509. The van der Waals surface area contributed by atoms with Gasteiger partial charge in [-0.3, -0.25) is 0 Å². The van der Waals surface area contributed by atoms with Gasteiger partial charge in [-0.15, -0.1) is 0 Å². The van der Waals surface area contributed by atoms with E-state index < -0.39 is 0 Å². The zero-order valence-corrected chi connectivity index (χ0v) is 8.59. The normalized spacial score (nSPS) is 11.4. The number of nitrogens with one attached hydrogen (secondary N) is 1. The van der Waals surface area contributed by atoms with E-state index in [-0.39, 0.29) is 0 Å². The Labute approximate surface area is 93.1 Å². The molecule has 1 aromatic heterocycles. The summed E-state index contributed by atoms with van der Waals surface area (Å²) in [6, 6.07) is 11.1. The second-order valence-corrected chi connectivity index (χ2v) is 3.33. The van der Waals surface area contributed by atoms with Gasteiger partial charge in [0.05, 0.1) is 11.3 Å². The number of rotatable bonds is 2. The predicted octanol–water partition coefficient (Wildman–Crippen LogP) is 1.31. The molecule has 0 aliphatic heterocycles. The number of benzene rings is 1. The van der Waals surface area contributed by atoms with E-state index in [9.17, 15) is 0 Å². The Morgan fingerprint density at radius 3 is 2.56 bits per heavy atom. The van der Waals surface area contributed by atoms with Gasteiger partial charge in [-0.05, 0) is 0 Å². The van der Waals surface area contributed by atoms with Gasteiger partial charge in [-0.1, -0.05) is 35.5 Å². The van der Waals surface area contributed by atoms with Gasteiger partial charge in [0, 0.05) is 11.6 Å². The first-order chi connectivity index (χ1) is 7.83. The molecule has 0 radical (unpaired) electrons. The highest BCUT2D eigenvalue weighted by atomic mass is 16.4. The molecule has 4 N–H and O–H groups in total. The lowest BCUT2D eigenvalue weighted by Crippen LogP contribution is -2.12. The molecular formula is C12H12N3O+. The Balaban J connectivity index is 2.51. The largest absolute Gasteiger partial charge is 0.410 e. The van der Waals surface area contributed by atoms with Gasteiger partial charge in [0.2, 0.25) is 0 Å². The van der Waals surface area contributed by atoms with E-state index in [0.717, 1.165) is 5.56 Å². The highest BCUT2D eigenvalue weighted by Gasteiger charge is 2.12. The Kier molecular flexibility index (Phi) is 2.82. The molecule has 1 aromatic carbocycles. The van der Waals surface area contributed by atoms with Crippen molar-refractivity contribution in [3.8, 4) is 0 Å². The van der Waals surface area contributed by atoms with Crippen LogP contribution in [-0.4, -0.2) is 10.9 Å². The monoisotopic (exact) mass is 214 g/mol. The molecule has 0 bridgehead atoms. The molecule has 16 heavy (non-hydrogen) atoms. The van der Waals surface area contributed by atoms with Gasteiger partial charge in [0.1, 0.15) is 5.71 Å². The number of nitrogens with zero attached hydrogens (tertiary/aromatic N) is 1. The van der Waals surface area contributed by atoms with E-state index in [1.165, 1.54) is 0 Å². The summed E-state index contributed by atoms with van der Waals surface area (Å²) < 4.78 is 0. The summed E-state index contributed by atoms with van der Waals surface area (Å²) in [5.74, 6) is 0. The number of nitrogens with two attached hydrogens (primary N) is 1. The predicted molar refractivity (Wildman–Crippen MR) is 61.3 cm³/mol. The van der Waals surface area contributed by atoms with Crippen LogP contribution in [0.1, 0.15) is 11.1 Å². The van der Waals surface area contributed by atoms with Crippen LogP contribution >= 0.6 is 0 Å². The van der Waals surface area contributed by atoms with Crippen molar-refractivity contribution in [3.63, 3.8) is 0 Å². The number of nitrogen functional groups attached to an aromatic ring is 1. The van der Waals surface area contributed by atoms with Gasteiger partial charge < -0.3 is 10.9 Å². The van der Waals surface area contributed by atoms with Crippen LogP contribution in [0, 0.1) is 0 Å². The van der Waals surface area contributed by atoms with Crippen LogP contribution in [0.4, 0.5) is 5.69 Å². The fourth-order valence-corrected chi connectivity index (χ4v) is 1.51. The third-order valence-corrected chi connectivity index (χ3v) is 2.30. The van der Waals surface area contributed by atoms with Crippen LogP contribution in [0.25, 0.3) is 0 Å². The second kappa shape index (κ2) is 4.44. The zero-order chi connectivity index (χ0) is 11.4. The molecule has 4 nitrogen and oxygen atoms in total. The number of hydrogen-bond acceptors (Lipinski definition) is 3. The molecule has 0 aliphatic carbocycles. The molecule has 0 aliphatic rings. The van der Waals surface area contributed by atoms with Gasteiger partial charge in [-0.25, -0.2) is 4.98 Å². The number of aromatic amines is 1. The number of pyridine rings is 1. The summed E-state index contributed by atoms with van der Waals surface area (Å²) in [7, 11) is 0. The van der Waals surface area contributed by atoms with Crippen molar-refractivity contribution in [1.29, 1.82) is 0 Å². The minimum Gasteiger partial charge on any atom is -0.410 e. The summed E-state index contributed by atoms with van der Waals surface area (Å²) in [5, 5.41) is 12.4. The molecule has 0 fully saturated rings. The molecule has 2 rings (SSSR count). The first-order valence-corrected chi connectivity index (χ1v) is 4.86. The molecule has 1 heterocycles. The van der Waals surface area contributed by atoms with Gasteiger partial charge in [0.25, 0.3) is 0 Å². The van der Waals surface area contributed by atoms with Crippen molar-refractivity contribution < 1.29 is 10.2 Å². The standard InChI is InChI=1S/C12H11N3O/c13-11-6-7-14-8-10(11)12(15-16)9-4-2-1-3-5-9/h1-8,16H,(H2,13,14)/p+1/b15-12+. The Hall–Kier alpha value is -2.36. The van der Waals surface area contributed by atoms with Crippen molar-refractivity contribution in [2.24, 2.45) is 5.16 Å². The SMILES string of the molecule is Nc1cc[nH+]cc1/C(=N/O)c1ccccc1. The number of aromatic nitrogens is 1. The molecule has 0 saturated carbocycles. The van der Waals surface area contributed by atoms with E-state index in [1.807, 2.05) is 30.3 Å². The Morgan fingerprint density at radius 2 is 1.94 bits per heavy atom. The van der Waals surface area contributed by atoms with Gasteiger partial charge in [0.15, 0.2) is 12.4 Å². The van der Waals surface area contributed by atoms with Crippen LogP contribution in [-0.2, 0) is 0 Å². The van der Waals surface area contributed by atoms with Crippen molar-refractivity contribution >= 4 is 11.4 Å². The van der Waals surface area contributed by atoms with E-state index in [2.05, 4.69) is 10.1 Å². The van der Waals surface area contributed by atoms with Crippen LogP contribution in [0.3, 0.4) is 0 Å². The first-order valence-electron chi connectivity index (χ1n) is 4.86. The first kappa shape index (κ1) is 10.2. The number of anilines is 1. The van der Waals surface area contributed by atoms with Gasteiger partial charge in [-0.2, -0.15) is 0 Å². The maximum absolute atomic E-state index is 9.08. The molecular weight excluding hydrogens is 202 g/mol. The van der Waals surface area contributed by atoms with Crippen molar-refractivity contribution in [1.82, 2.24) is 0 Å². The summed E-state index contributed by atoms with van der Waals surface area (Å²) in [6.45, 7) is 0. The third-order valence-electron chi connectivity index (χ3n) is 2.30. The van der Waals surface area contributed by atoms with Crippen molar-refractivity contribution in [2.75, 3.05) is 5.73 Å². The van der Waals surface area contributed by atoms with E-state index in [0.29, 0.717) is 17.0 Å². The van der Waals surface area contributed by atoms with Crippen LogP contribution in [0.5, 0.6) is 0 Å². The summed E-state index contributed by atoms with van der Waals surface area (Å²) >= 11 is 0. The highest BCUT2D eigenvalue weighted by molar-refractivity contribution is 6.14. The van der Waals surface area contributed by atoms with Gasteiger partial charge >= 0.3 is 0 Å². The lowest BCUT2D eigenvalue weighted by atomic mass is 10.0. The van der Waals surface area contributed by atoms with E-state index >= 15 is 0 Å². The molecule has 0 saturated heterocycles. The van der Waals surface area contributed by atoms with E-state index in [4.69, 9.17) is 10.9 Å².